The van der Waals surface area contributed by atoms with Crippen LogP contribution in [0.5, 0.6) is 0 Å². The average molecular weight is 259 g/mol. The molecule has 0 bridgehead atoms. The summed E-state index contributed by atoms with van der Waals surface area (Å²) in [5.41, 5.74) is 7.60. The fraction of sp³-hybridized carbons (Fsp3) is 0.400. The lowest BCUT2D eigenvalue weighted by atomic mass is 10.1. The van der Waals surface area contributed by atoms with Crippen LogP contribution >= 0.6 is 0 Å². The molecule has 0 radical (unpaired) electrons. The van der Waals surface area contributed by atoms with Crippen LogP contribution in [-0.4, -0.2) is 17.0 Å². The smallest absolute Gasteiger partial charge is 0.239 e. The first-order chi connectivity index (χ1) is 9.08. The van der Waals surface area contributed by atoms with Crippen LogP contribution in [-0.2, 0) is 11.3 Å². The lowest BCUT2D eigenvalue weighted by Crippen LogP contribution is -2.28. The molecule has 2 rings (SSSR count). The Morgan fingerprint density at radius 2 is 2.16 bits per heavy atom. The van der Waals surface area contributed by atoms with Crippen molar-refractivity contribution in [2.45, 2.75) is 26.8 Å². The molecule has 2 aromatic rings. The van der Waals surface area contributed by atoms with E-state index in [2.05, 4.69) is 19.2 Å². The minimum absolute atomic E-state index is 0.0291. The number of fused-ring (bicyclic) bond motifs is 1. The van der Waals surface area contributed by atoms with Gasteiger partial charge in [-0.15, -0.1) is 0 Å². The first-order valence-electron chi connectivity index (χ1n) is 6.68. The summed E-state index contributed by atoms with van der Waals surface area (Å²) >= 11 is 0. The summed E-state index contributed by atoms with van der Waals surface area (Å²) in [6.45, 7) is 5.33. The van der Waals surface area contributed by atoms with E-state index in [-0.39, 0.29) is 5.91 Å². The highest BCUT2D eigenvalue weighted by atomic mass is 16.1. The van der Waals surface area contributed by atoms with Gasteiger partial charge in [-0.3, -0.25) is 4.79 Å². The maximum atomic E-state index is 11.9. The summed E-state index contributed by atoms with van der Waals surface area (Å²) in [6, 6.07) is 7.76. The largest absolute Gasteiger partial charge is 0.397 e. The third-order valence-electron chi connectivity index (χ3n) is 3.18. The van der Waals surface area contributed by atoms with Crippen molar-refractivity contribution in [2.75, 3.05) is 12.3 Å². The van der Waals surface area contributed by atoms with Gasteiger partial charge in [0.05, 0.1) is 11.2 Å². The number of hydrogen-bond donors (Lipinski definition) is 2. The Bertz CT molecular complexity index is 572. The van der Waals surface area contributed by atoms with E-state index in [0.29, 0.717) is 18.2 Å². The molecular formula is C15H21N3O. The van der Waals surface area contributed by atoms with Crippen LogP contribution in [0.4, 0.5) is 5.69 Å². The fourth-order valence-electron chi connectivity index (χ4n) is 2.13. The maximum Gasteiger partial charge on any atom is 0.239 e. The van der Waals surface area contributed by atoms with Crippen LogP contribution in [0.1, 0.15) is 20.3 Å². The lowest BCUT2D eigenvalue weighted by molar-refractivity contribution is -0.121. The highest BCUT2D eigenvalue weighted by Gasteiger charge is 2.08. The van der Waals surface area contributed by atoms with Crippen molar-refractivity contribution in [1.82, 2.24) is 9.88 Å². The number of nitrogen functional groups attached to an aromatic ring is 1. The summed E-state index contributed by atoms with van der Waals surface area (Å²) in [7, 11) is 0. The molecule has 3 N–H and O–H groups in total. The molecule has 0 aliphatic heterocycles. The van der Waals surface area contributed by atoms with E-state index in [1.54, 1.807) is 0 Å². The molecule has 1 aromatic heterocycles. The second kappa shape index (κ2) is 5.78. The number of benzene rings is 1. The lowest BCUT2D eigenvalue weighted by Gasteiger charge is -2.09. The van der Waals surface area contributed by atoms with Crippen molar-refractivity contribution in [3.63, 3.8) is 0 Å². The van der Waals surface area contributed by atoms with Crippen molar-refractivity contribution in [3.8, 4) is 0 Å². The molecule has 0 saturated heterocycles. The quantitative estimate of drug-likeness (QED) is 0.810. The molecule has 0 aliphatic rings. The number of hydrogen-bond acceptors (Lipinski definition) is 2. The molecule has 1 amide bonds. The molecule has 19 heavy (non-hydrogen) atoms. The monoisotopic (exact) mass is 259 g/mol. The molecule has 1 heterocycles. The van der Waals surface area contributed by atoms with E-state index in [1.807, 2.05) is 35.0 Å². The normalized spacial score (nSPS) is 11.1. The van der Waals surface area contributed by atoms with Gasteiger partial charge in [-0.05, 0) is 24.5 Å². The number of amides is 1. The molecule has 0 atom stereocenters. The summed E-state index contributed by atoms with van der Waals surface area (Å²) in [4.78, 5) is 11.9. The highest BCUT2D eigenvalue weighted by molar-refractivity contribution is 5.91. The maximum absolute atomic E-state index is 11.9. The van der Waals surface area contributed by atoms with E-state index in [4.69, 9.17) is 5.73 Å². The van der Waals surface area contributed by atoms with Crippen molar-refractivity contribution < 1.29 is 4.79 Å². The van der Waals surface area contributed by atoms with Crippen LogP contribution in [0.2, 0.25) is 0 Å². The Kier molecular flexibility index (Phi) is 4.10. The van der Waals surface area contributed by atoms with Gasteiger partial charge in [-0.25, -0.2) is 0 Å². The van der Waals surface area contributed by atoms with E-state index < -0.39 is 0 Å². The minimum Gasteiger partial charge on any atom is -0.397 e. The Labute approximate surface area is 113 Å². The summed E-state index contributed by atoms with van der Waals surface area (Å²) in [5, 5.41) is 4.00. The number of nitrogens with one attached hydrogen (secondary N) is 1. The Morgan fingerprint density at radius 1 is 1.37 bits per heavy atom. The molecule has 0 aliphatic carbocycles. The van der Waals surface area contributed by atoms with E-state index in [9.17, 15) is 4.79 Å². The summed E-state index contributed by atoms with van der Waals surface area (Å²) in [5.74, 6) is 0.629. The predicted molar refractivity (Wildman–Crippen MR) is 78.8 cm³/mol. The van der Waals surface area contributed by atoms with E-state index in [1.165, 1.54) is 0 Å². The van der Waals surface area contributed by atoms with Gasteiger partial charge in [0, 0.05) is 18.1 Å². The Morgan fingerprint density at radius 3 is 2.89 bits per heavy atom. The van der Waals surface area contributed by atoms with Gasteiger partial charge in [0.2, 0.25) is 5.91 Å². The van der Waals surface area contributed by atoms with E-state index in [0.717, 1.165) is 23.9 Å². The molecule has 4 heteroatoms. The number of nitrogens with zero attached hydrogens (tertiary/aromatic N) is 1. The zero-order valence-corrected chi connectivity index (χ0v) is 11.5. The zero-order valence-electron chi connectivity index (χ0n) is 11.5. The number of aromatic nitrogens is 1. The predicted octanol–water partition coefficient (Wildman–Crippen LogP) is 2.39. The van der Waals surface area contributed by atoms with Crippen molar-refractivity contribution in [1.29, 1.82) is 0 Å². The molecule has 0 fully saturated rings. The van der Waals surface area contributed by atoms with Crippen LogP contribution in [0.25, 0.3) is 10.9 Å². The van der Waals surface area contributed by atoms with Gasteiger partial charge in [0.1, 0.15) is 6.54 Å². The third-order valence-corrected chi connectivity index (χ3v) is 3.18. The van der Waals surface area contributed by atoms with Gasteiger partial charge in [-0.1, -0.05) is 26.0 Å². The molecular weight excluding hydrogens is 238 g/mol. The Hall–Kier alpha value is -1.97. The third kappa shape index (κ3) is 3.28. The number of para-hydroxylation sites is 1. The average Bonchev–Trinajstić information content (AvgIpc) is 2.73. The molecule has 0 unspecified atom stereocenters. The standard InChI is InChI=1S/C15H21N3O/c1-11(2)6-8-17-14(19)10-18-9-7-12-4-3-5-13(16)15(12)18/h3-5,7,9,11H,6,8,10,16H2,1-2H3,(H,17,19). The van der Waals surface area contributed by atoms with Gasteiger partial charge in [0.25, 0.3) is 0 Å². The zero-order chi connectivity index (χ0) is 13.8. The number of carbonyl (C=O) groups is 1. The number of nitrogens with two attached hydrogens (primary N) is 1. The van der Waals surface area contributed by atoms with Gasteiger partial charge >= 0.3 is 0 Å². The van der Waals surface area contributed by atoms with Crippen LogP contribution in [0.15, 0.2) is 30.5 Å². The molecule has 1 aromatic carbocycles. The Balaban J connectivity index is 2.03. The molecule has 0 spiro atoms. The SMILES string of the molecule is CC(C)CCNC(=O)Cn1ccc2cccc(N)c21. The summed E-state index contributed by atoms with van der Waals surface area (Å²) < 4.78 is 1.90. The second-order valence-electron chi connectivity index (χ2n) is 5.26. The first kappa shape index (κ1) is 13.5. The second-order valence-corrected chi connectivity index (χ2v) is 5.26. The molecule has 4 nitrogen and oxygen atoms in total. The van der Waals surface area contributed by atoms with Crippen molar-refractivity contribution >= 4 is 22.5 Å². The fourth-order valence-corrected chi connectivity index (χ4v) is 2.13. The first-order valence-corrected chi connectivity index (χ1v) is 6.68. The van der Waals surface area contributed by atoms with Gasteiger partial charge < -0.3 is 15.6 Å². The van der Waals surface area contributed by atoms with Crippen LogP contribution < -0.4 is 11.1 Å². The van der Waals surface area contributed by atoms with Crippen molar-refractivity contribution in [2.24, 2.45) is 5.92 Å². The number of anilines is 1. The van der Waals surface area contributed by atoms with Crippen molar-refractivity contribution in [3.05, 3.63) is 30.5 Å². The molecule has 0 saturated carbocycles. The summed E-state index contributed by atoms with van der Waals surface area (Å²) in [6.07, 6.45) is 2.91. The van der Waals surface area contributed by atoms with Crippen LogP contribution in [0, 0.1) is 5.92 Å². The minimum atomic E-state index is 0.0291. The number of carbonyl (C=O) groups excluding carboxylic acids is 1. The topological polar surface area (TPSA) is 60.0 Å². The van der Waals surface area contributed by atoms with E-state index >= 15 is 0 Å². The highest BCUT2D eigenvalue weighted by Crippen LogP contribution is 2.21. The van der Waals surface area contributed by atoms with Gasteiger partial charge in [-0.2, -0.15) is 0 Å². The molecule has 102 valence electrons. The number of rotatable bonds is 5. The van der Waals surface area contributed by atoms with Gasteiger partial charge in [0.15, 0.2) is 0 Å². The van der Waals surface area contributed by atoms with Crippen LogP contribution in [0.3, 0.4) is 0 Å².